The predicted molar refractivity (Wildman–Crippen MR) is 103 cm³/mol. The summed E-state index contributed by atoms with van der Waals surface area (Å²) < 4.78 is 5.30. The number of nitrogens with zero attached hydrogens (tertiary/aromatic N) is 1. The number of carbonyl (C=O) groups excluding carboxylic acids is 1. The number of methoxy groups -OCH3 is 1. The molecule has 1 unspecified atom stereocenters. The van der Waals surface area contributed by atoms with Crippen LogP contribution in [0, 0.1) is 6.92 Å². The molecular formula is C18H18ClN3O2S. The highest BCUT2D eigenvalue weighted by Gasteiger charge is 2.18. The number of imidazole rings is 1. The highest BCUT2D eigenvalue weighted by Crippen LogP contribution is 2.32. The molecule has 0 bridgehead atoms. The highest BCUT2D eigenvalue weighted by molar-refractivity contribution is 8.00. The number of rotatable bonds is 5. The van der Waals surface area contributed by atoms with Gasteiger partial charge in [0, 0.05) is 11.1 Å². The molecule has 3 aromatic rings. The molecule has 0 aliphatic heterocycles. The van der Waals surface area contributed by atoms with Crippen LogP contribution in [-0.4, -0.2) is 28.2 Å². The number of aryl methyl sites for hydroxylation is 1. The maximum absolute atomic E-state index is 12.5. The first-order chi connectivity index (χ1) is 12.0. The number of H-pyrrole nitrogens is 1. The number of hydrogen-bond acceptors (Lipinski definition) is 4. The lowest BCUT2D eigenvalue weighted by molar-refractivity contribution is -0.115. The summed E-state index contributed by atoms with van der Waals surface area (Å²) in [5, 5.41) is 3.87. The van der Waals surface area contributed by atoms with Gasteiger partial charge in [-0.2, -0.15) is 0 Å². The van der Waals surface area contributed by atoms with Crippen LogP contribution in [0.1, 0.15) is 12.5 Å². The summed E-state index contributed by atoms with van der Waals surface area (Å²) in [6.07, 6.45) is 0. The molecule has 3 rings (SSSR count). The third-order valence-corrected chi connectivity index (χ3v) is 5.16. The minimum atomic E-state index is -0.332. The summed E-state index contributed by atoms with van der Waals surface area (Å²) >= 11 is 7.47. The van der Waals surface area contributed by atoms with Crippen molar-refractivity contribution in [2.24, 2.45) is 0 Å². The number of ether oxygens (including phenoxy) is 1. The van der Waals surface area contributed by atoms with Crippen molar-refractivity contribution in [2.45, 2.75) is 24.3 Å². The van der Waals surface area contributed by atoms with E-state index in [-0.39, 0.29) is 11.2 Å². The molecule has 0 fully saturated rings. The largest absolute Gasteiger partial charge is 0.495 e. The van der Waals surface area contributed by atoms with Gasteiger partial charge < -0.3 is 15.0 Å². The van der Waals surface area contributed by atoms with E-state index >= 15 is 0 Å². The number of hydrogen-bond donors (Lipinski definition) is 2. The first-order valence-electron chi connectivity index (χ1n) is 7.74. The standard InChI is InChI=1S/C18H18ClN3O2S/c1-10-8-15(16(24-3)9-12(10)19)20-17(23)11(2)25-18-21-13-6-4-5-7-14(13)22-18/h4-9,11H,1-3H3,(H,20,23)(H,21,22). The zero-order valence-corrected chi connectivity index (χ0v) is 15.7. The van der Waals surface area contributed by atoms with Crippen LogP contribution in [0.4, 0.5) is 5.69 Å². The number of anilines is 1. The zero-order valence-electron chi connectivity index (χ0n) is 14.1. The Bertz CT molecular complexity index is 893. The highest BCUT2D eigenvalue weighted by atomic mass is 35.5. The van der Waals surface area contributed by atoms with Crippen LogP contribution in [0.5, 0.6) is 5.75 Å². The van der Waals surface area contributed by atoms with Gasteiger partial charge in [0.15, 0.2) is 5.16 Å². The maximum Gasteiger partial charge on any atom is 0.237 e. The fourth-order valence-electron chi connectivity index (χ4n) is 2.37. The van der Waals surface area contributed by atoms with E-state index in [0.717, 1.165) is 16.6 Å². The summed E-state index contributed by atoms with van der Waals surface area (Å²) in [4.78, 5) is 20.2. The quantitative estimate of drug-likeness (QED) is 0.637. The molecule has 2 aromatic carbocycles. The molecule has 0 saturated carbocycles. The van der Waals surface area contributed by atoms with Gasteiger partial charge in [0.2, 0.25) is 5.91 Å². The van der Waals surface area contributed by atoms with Crippen LogP contribution < -0.4 is 10.1 Å². The molecule has 0 spiro atoms. The molecule has 1 aromatic heterocycles. The topological polar surface area (TPSA) is 67.0 Å². The van der Waals surface area contributed by atoms with Crippen LogP contribution in [0.15, 0.2) is 41.6 Å². The molecule has 0 radical (unpaired) electrons. The number of para-hydroxylation sites is 2. The second-order valence-corrected chi connectivity index (χ2v) is 7.35. The third kappa shape index (κ3) is 3.91. The van der Waals surface area contributed by atoms with E-state index < -0.39 is 0 Å². The third-order valence-electron chi connectivity index (χ3n) is 3.76. The van der Waals surface area contributed by atoms with Crippen molar-refractivity contribution >= 4 is 46.0 Å². The molecule has 0 aliphatic rings. The number of carbonyl (C=O) groups is 1. The van der Waals surface area contributed by atoms with Gasteiger partial charge in [-0.05, 0) is 37.6 Å². The van der Waals surface area contributed by atoms with E-state index in [1.807, 2.05) is 38.1 Å². The molecule has 1 heterocycles. The van der Waals surface area contributed by atoms with Crippen molar-refractivity contribution in [2.75, 3.05) is 12.4 Å². The SMILES string of the molecule is COc1cc(Cl)c(C)cc1NC(=O)C(C)Sc1nc2ccccc2[nH]1. The van der Waals surface area contributed by atoms with Gasteiger partial charge in [0.25, 0.3) is 0 Å². The Balaban J connectivity index is 1.73. The summed E-state index contributed by atoms with van der Waals surface area (Å²) in [5.74, 6) is 0.398. The molecule has 25 heavy (non-hydrogen) atoms. The first kappa shape index (κ1) is 17.6. The van der Waals surface area contributed by atoms with Gasteiger partial charge in [0.05, 0.1) is 29.1 Å². The summed E-state index contributed by atoms with van der Waals surface area (Å²) in [7, 11) is 1.54. The van der Waals surface area contributed by atoms with Gasteiger partial charge >= 0.3 is 0 Å². The Morgan fingerprint density at radius 3 is 2.84 bits per heavy atom. The van der Waals surface area contributed by atoms with E-state index in [2.05, 4.69) is 15.3 Å². The van der Waals surface area contributed by atoms with E-state index in [1.54, 1.807) is 19.2 Å². The fraction of sp³-hybridized carbons (Fsp3) is 0.222. The number of halogens is 1. The fourth-order valence-corrected chi connectivity index (χ4v) is 3.34. The van der Waals surface area contributed by atoms with E-state index in [4.69, 9.17) is 16.3 Å². The second-order valence-electron chi connectivity index (χ2n) is 5.61. The molecule has 7 heteroatoms. The number of nitrogens with one attached hydrogen (secondary N) is 2. The predicted octanol–water partition coefficient (Wildman–Crippen LogP) is 4.65. The Morgan fingerprint density at radius 2 is 2.12 bits per heavy atom. The first-order valence-corrected chi connectivity index (χ1v) is 9.00. The Hall–Kier alpha value is -2.18. The maximum atomic E-state index is 12.5. The van der Waals surface area contributed by atoms with Crippen molar-refractivity contribution in [3.63, 3.8) is 0 Å². The molecule has 1 atom stereocenters. The van der Waals surface area contributed by atoms with Gasteiger partial charge in [-0.3, -0.25) is 4.79 Å². The molecule has 5 nitrogen and oxygen atoms in total. The average Bonchev–Trinajstić information content (AvgIpc) is 3.00. The van der Waals surface area contributed by atoms with Crippen molar-refractivity contribution in [1.82, 2.24) is 9.97 Å². The van der Waals surface area contributed by atoms with Crippen LogP contribution in [0.25, 0.3) is 11.0 Å². The van der Waals surface area contributed by atoms with Gasteiger partial charge in [-0.1, -0.05) is 35.5 Å². The summed E-state index contributed by atoms with van der Waals surface area (Å²) in [6.45, 7) is 3.71. The number of aromatic amines is 1. The van der Waals surface area contributed by atoms with Crippen LogP contribution in [-0.2, 0) is 4.79 Å². The Morgan fingerprint density at radius 1 is 1.36 bits per heavy atom. The van der Waals surface area contributed by atoms with Crippen molar-refractivity contribution in [1.29, 1.82) is 0 Å². The molecular weight excluding hydrogens is 358 g/mol. The Labute approximate surface area is 155 Å². The summed E-state index contributed by atoms with van der Waals surface area (Å²) in [6, 6.07) is 11.3. The number of thioether (sulfide) groups is 1. The average molecular weight is 376 g/mol. The van der Waals surface area contributed by atoms with Crippen LogP contribution in [0.2, 0.25) is 5.02 Å². The minimum absolute atomic E-state index is 0.134. The summed E-state index contributed by atoms with van der Waals surface area (Å²) in [5.41, 5.74) is 3.31. The second kappa shape index (κ2) is 7.37. The lowest BCUT2D eigenvalue weighted by Gasteiger charge is -2.14. The Kier molecular flexibility index (Phi) is 5.20. The van der Waals surface area contributed by atoms with Crippen LogP contribution >= 0.6 is 23.4 Å². The molecule has 0 aliphatic carbocycles. The lowest BCUT2D eigenvalue weighted by atomic mass is 10.2. The lowest BCUT2D eigenvalue weighted by Crippen LogP contribution is -2.23. The molecule has 2 N–H and O–H groups in total. The van der Waals surface area contributed by atoms with Crippen molar-refractivity contribution < 1.29 is 9.53 Å². The smallest absolute Gasteiger partial charge is 0.237 e. The van der Waals surface area contributed by atoms with Crippen molar-refractivity contribution in [3.05, 3.63) is 47.0 Å². The monoisotopic (exact) mass is 375 g/mol. The number of benzene rings is 2. The van der Waals surface area contributed by atoms with E-state index in [0.29, 0.717) is 21.6 Å². The molecule has 130 valence electrons. The minimum Gasteiger partial charge on any atom is -0.495 e. The number of amides is 1. The van der Waals surface area contributed by atoms with Gasteiger partial charge in [-0.25, -0.2) is 4.98 Å². The zero-order chi connectivity index (χ0) is 18.0. The normalized spacial score (nSPS) is 12.2. The van der Waals surface area contributed by atoms with Gasteiger partial charge in [-0.15, -0.1) is 0 Å². The van der Waals surface area contributed by atoms with E-state index in [9.17, 15) is 4.79 Å². The molecule has 0 saturated heterocycles. The number of aromatic nitrogens is 2. The van der Waals surface area contributed by atoms with Gasteiger partial charge in [0.1, 0.15) is 5.75 Å². The van der Waals surface area contributed by atoms with E-state index in [1.165, 1.54) is 11.8 Å². The number of fused-ring (bicyclic) bond motifs is 1. The van der Waals surface area contributed by atoms with Crippen molar-refractivity contribution in [3.8, 4) is 5.75 Å². The van der Waals surface area contributed by atoms with Crippen LogP contribution in [0.3, 0.4) is 0 Å². The molecule has 1 amide bonds.